The Morgan fingerprint density at radius 2 is 1.86 bits per heavy atom. The number of aryl methyl sites for hydroxylation is 1. The van der Waals surface area contributed by atoms with Crippen LogP contribution in [0.5, 0.6) is 0 Å². The quantitative estimate of drug-likeness (QED) is 0.601. The predicted molar refractivity (Wildman–Crippen MR) is 116 cm³/mol. The molecule has 1 aromatic heterocycles. The minimum Gasteiger partial charge on any atom is -0.333 e. The van der Waals surface area contributed by atoms with Gasteiger partial charge in [0.2, 0.25) is 15.9 Å². The van der Waals surface area contributed by atoms with Gasteiger partial charge in [0.25, 0.3) is 0 Å². The maximum Gasteiger partial charge on any atom is 0.243 e. The van der Waals surface area contributed by atoms with Gasteiger partial charge in [-0.3, -0.25) is 9.69 Å². The Morgan fingerprint density at radius 1 is 1.17 bits per heavy atom. The Hall–Kier alpha value is -2.00. The number of carbonyl (C=O) groups excluding carboxylic acids is 1. The van der Waals surface area contributed by atoms with Crippen molar-refractivity contribution in [2.24, 2.45) is 0 Å². The first-order chi connectivity index (χ1) is 13.9. The van der Waals surface area contributed by atoms with E-state index in [-0.39, 0.29) is 12.5 Å². The molecule has 0 radical (unpaired) electrons. The molecule has 6 nitrogen and oxygen atoms in total. The molecule has 2 heterocycles. The fraction of sp³-hybridized carbons (Fsp3) is 0.381. The average molecular weight is 434 g/mol. The zero-order valence-corrected chi connectivity index (χ0v) is 18.3. The number of nitrogens with zero attached hydrogens (tertiary/aromatic N) is 3. The molecule has 1 fully saturated rings. The van der Waals surface area contributed by atoms with Gasteiger partial charge in [-0.05, 0) is 30.5 Å². The first-order valence-electron chi connectivity index (χ1n) is 9.60. The van der Waals surface area contributed by atoms with Crippen LogP contribution in [0.25, 0.3) is 0 Å². The molecule has 1 amide bonds. The van der Waals surface area contributed by atoms with Crippen LogP contribution >= 0.6 is 11.3 Å². The first kappa shape index (κ1) is 21.7. The Kier molecular flexibility index (Phi) is 7.23. The number of benzene rings is 1. The van der Waals surface area contributed by atoms with Crippen LogP contribution in [-0.2, 0) is 21.4 Å². The van der Waals surface area contributed by atoms with E-state index < -0.39 is 10.0 Å². The Balaban J connectivity index is 1.56. The van der Waals surface area contributed by atoms with E-state index in [1.54, 1.807) is 34.4 Å². The van der Waals surface area contributed by atoms with Crippen molar-refractivity contribution in [3.63, 3.8) is 0 Å². The van der Waals surface area contributed by atoms with Gasteiger partial charge in [0.15, 0.2) is 0 Å². The number of amides is 1. The van der Waals surface area contributed by atoms with Crippen molar-refractivity contribution in [2.45, 2.75) is 18.4 Å². The summed E-state index contributed by atoms with van der Waals surface area (Å²) in [4.78, 5) is 18.0. The lowest BCUT2D eigenvalue weighted by Gasteiger charge is -2.34. The molecule has 3 rings (SSSR count). The number of piperazine rings is 1. The van der Waals surface area contributed by atoms with Crippen LogP contribution in [0.3, 0.4) is 0 Å². The average Bonchev–Trinajstić information content (AvgIpc) is 3.21. The molecule has 156 valence electrons. The van der Waals surface area contributed by atoms with Crippen LogP contribution in [0.1, 0.15) is 10.4 Å². The van der Waals surface area contributed by atoms with Crippen LogP contribution in [-0.4, -0.2) is 67.7 Å². The van der Waals surface area contributed by atoms with Gasteiger partial charge in [-0.15, -0.1) is 17.9 Å². The van der Waals surface area contributed by atoms with Gasteiger partial charge in [0.05, 0.1) is 18.0 Å². The molecule has 1 aliphatic rings. The number of sulfonamides is 1. The maximum absolute atomic E-state index is 12.8. The molecule has 0 unspecified atom stereocenters. The Labute approximate surface area is 177 Å². The van der Waals surface area contributed by atoms with E-state index in [0.717, 1.165) is 10.4 Å². The molecular formula is C21H27N3O3S2. The largest absolute Gasteiger partial charge is 0.333 e. The summed E-state index contributed by atoms with van der Waals surface area (Å²) in [5, 5.41) is 2.00. The molecule has 1 aromatic carbocycles. The number of hydrogen-bond acceptors (Lipinski definition) is 5. The fourth-order valence-electron chi connectivity index (χ4n) is 3.28. The van der Waals surface area contributed by atoms with E-state index in [2.05, 4.69) is 6.58 Å². The molecule has 0 spiro atoms. The van der Waals surface area contributed by atoms with Crippen molar-refractivity contribution in [1.29, 1.82) is 0 Å². The van der Waals surface area contributed by atoms with Crippen LogP contribution in [0.2, 0.25) is 0 Å². The van der Waals surface area contributed by atoms with Crippen molar-refractivity contribution in [1.82, 2.24) is 14.1 Å². The molecule has 0 aliphatic carbocycles. The molecule has 0 bridgehead atoms. The summed E-state index contributed by atoms with van der Waals surface area (Å²) in [6.07, 6.45) is 1.73. The third-order valence-electron chi connectivity index (χ3n) is 4.98. The van der Waals surface area contributed by atoms with Crippen LogP contribution in [0.4, 0.5) is 0 Å². The highest BCUT2D eigenvalue weighted by molar-refractivity contribution is 7.89. The zero-order chi connectivity index (χ0) is 20.9. The van der Waals surface area contributed by atoms with Gasteiger partial charge in [-0.1, -0.05) is 29.8 Å². The number of thiophene rings is 1. The molecule has 0 atom stereocenters. The SMILES string of the molecule is C=CCN(Cc1cccs1)C(=O)CN1CCN(S(=O)(=O)c2ccc(C)cc2)CC1. The predicted octanol–water partition coefficient (Wildman–Crippen LogP) is 2.58. The van der Waals surface area contributed by atoms with Gasteiger partial charge < -0.3 is 4.90 Å². The van der Waals surface area contributed by atoms with Gasteiger partial charge >= 0.3 is 0 Å². The van der Waals surface area contributed by atoms with E-state index in [9.17, 15) is 13.2 Å². The summed E-state index contributed by atoms with van der Waals surface area (Å²) in [6.45, 7) is 8.89. The number of rotatable bonds is 8. The lowest BCUT2D eigenvalue weighted by Crippen LogP contribution is -2.51. The van der Waals surface area contributed by atoms with Crippen LogP contribution in [0, 0.1) is 6.92 Å². The third kappa shape index (κ3) is 5.54. The second-order valence-corrected chi connectivity index (χ2v) is 10.1. The fourth-order valence-corrected chi connectivity index (χ4v) is 5.42. The minimum atomic E-state index is -3.49. The Bertz CT molecular complexity index is 917. The normalized spacial score (nSPS) is 15.9. The second-order valence-electron chi connectivity index (χ2n) is 7.14. The monoisotopic (exact) mass is 433 g/mol. The summed E-state index contributed by atoms with van der Waals surface area (Å²) in [5.41, 5.74) is 1.03. The van der Waals surface area contributed by atoms with Gasteiger partial charge in [0, 0.05) is 37.6 Å². The van der Waals surface area contributed by atoms with E-state index in [4.69, 9.17) is 0 Å². The summed E-state index contributed by atoms with van der Waals surface area (Å²) in [6, 6.07) is 10.9. The summed E-state index contributed by atoms with van der Waals surface area (Å²) < 4.78 is 27.1. The van der Waals surface area contributed by atoms with E-state index in [1.807, 2.05) is 41.5 Å². The number of hydrogen-bond donors (Lipinski definition) is 0. The molecule has 8 heteroatoms. The van der Waals surface area contributed by atoms with Crippen molar-refractivity contribution < 1.29 is 13.2 Å². The molecule has 1 saturated heterocycles. The van der Waals surface area contributed by atoms with E-state index in [1.165, 1.54) is 4.31 Å². The Morgan fingerprint density at radius 3 is 2.45 bits per heavy atom. The van der Waals surface area contributed by atoms with Gasteiger partial charge in [0.1, 0.15) is 0 Å². The molecule has 2 aromatic rings. The topological polar surface area (TPSA) is 60.9 Å². The maximum atomic E-state index is 12.8. The molecular weight excluding hydrogens is 406 g/mol. The molecule has 0 saturated carbocycles. The molecule has 0 N–H and O–H groups in total. The molecule has 29 heavy (non-hydrogen) atoms. The van der Waals surface area contributed by atoms with Gasteiger partial charge in [-0.25, -0.2) is 8.42 Å². The second kappa shape index (κ2) is 9.67. The minimum absolute atomic E-state index is 0.0353. The highest BCUT2D eigenvalue weighted by Crippen LogP contribution is 2.18. The number of carbonyl (C=O) groups is 1. The summed E-state index contributed by atoms with van der Waals surface area (Å²) in [5.74, 6) is 0.0353. The summed E-state index contributed by atoms with van der Waals surface area (Å²) in [7, 11) is -3.49. The highest BCUT2D eigenvalue weighted by Gasteiger charge is 2.29. The summed E-state index contributed by atoms with van der Waals surface area (Å²) >= 11 is 1.63. The van der Waals surface area contributed by atoms with Crippen molar-refractivity contribution in [3.8, 4) is 0 Å². The highest BCUT2D eigenvalue weighted by atomic mass is 32.2. The van der Waals surface area contributed by atoms with Crippen LogP contribution in [0.15, 0.2) is 59.3 Å². The third-order valence-corrected chi connectivity index (χ3v) is 7.75. The van der Waals surface area contributed by atoms with Crippen molar-refractivity contribution in [2.75, 3.05) is 39.3 Å². The van der Waals surface area contributed by atoms with Crippen LogP contribution < -0.4 is 0 Å². The van der Waals surface area contributed by atoms with E-state index in [0.29, 0.717) is 44.2 Å². The smallest absolute Gasteiger partial charge is 0.243 e. The molecule has 1 aliphatic heterocycles. The lowest BCUT2D eigenvalue weighted by atomic mass is 10.2. The standard InChI is InChI=1S/C21H27N3O3S2/c1-3-10-23(16-19-5-4-15-28-19)21(25)17-22-11-13-24(14-12-22)29(26,27)20-8-6-18(2)7-9-20/h3-9,15H,1,10-14,16-17H2,2H3. The zero-order valence-electron chi connectivity index (χ0n) is 16.7. The van der Waals surface area contributed by atoms with Gasteiger partial charge in [-0.2, -0.15) is 4.31 Å². The van der Waals surface area contributed by atoms with Crippen molar-refractivity contribution in [3.05, 3.63) is 64.9 Å². The van der Waals surface area contributed by atoms with Crippen molar-refractivity contribution >= 4 is 27.3 Å². The first-order valence-corrected chi connectivity index (χ1v) is 11.9. The van der Waals surface area contributed by atoms with E-state index >= 15 is 0 Å². The lowest BCUT2D eigenvalue weighted by molar-refractivity contribution is -0.132.